The normalized spacial score (nSPS) is 30.7. The molecule has 0 radical (unpaired) electrons. The van der Waals surface area contributed by atoms with E-state index in [1.54, 1.807) is 6.08 Å². The summed E-state index contributed by atoms with van der Waals surface area (Å²) in [7, 11) is 0. The summed E-state index contributed by atoms with van der Waals surface area (Å²) in [5.41, 5.74) is 2.12. The fourth-order valence-electron chi connectivity index (χ4n) is 4.80. The van der Waals surface area contributed by atoms with Crippen molar-refractivity contribution in [3.05, 3.63) is 83.1 Å². The molecule has 5 rings (SSSR count). The van der Waals surface area contributed by atoms with E-state index in [1.807, 2.05) is 75.4 Å². The lowest BCUT2D eigenvalue weighted by Crippen LogP contribution is -2.57. The minimum absolute atomic E-state index is 0.0639. The number of ether oxygens (including phenoxy) is 2. The molecular formula is C25H23NO4S. The second-order valence-corrected chi connectivity index (χ2v) is 9.66. The second kappa shape index (κ2) is 7.26. The van der Waals surface area contributed by atoms with Crippen LogP contribution in [0.2, 0.25) is 0 Å². The van der Waals surface area contributed by atoms with E-state index in [9.17, 15) is 9.59 Å². The monoisotopic (exact) mass is 433 g/mol. The molecule has 2 aromatic rings. The van der Waals surface area contributed by atoms with Gasteiger partial charge in [-0.1, -0.05) is 54.6 Å². The topological polar surface area (TPSA) is 65.0 Å². The summed E-state index contributed by atoms with van der Waals surface area (Å²) in [6.07, 6.45) is 1.58. The van der Waals surface area contributed by atoms with Gasteiger partial charge in [0.2, 0.25) is 5.12 Å². The Morgan fingerprint density at radius 2 is 1.74 bits per heavy atom. The molecule has 0 aromatic heterocycles. The van der Waals surface area contributed by atoms with Crippen LogP contribution in [0.5, 0.6) is 0 Å². The van der Waals surface area contributed by atoms with Gasteiger partial charge in [0.15, 0.2) is 11.6 Å². The number of nitrogens with zero attached hydrogens (tertiary/aromatic N) is 1. The molecule has 3 aliphatic rings. The van der Waals surface area contributed by atoms with E-state index in [2.05, 4.69) is 4.99 Å². The summed E-state index contributed by atoms with van der Waals surface area (Å²) in [4.78, 5) is 30.2. The van der Waals surface area contributed by atoms with Crippen molar-refractivity contribution in [2.45, 2.75) is 44.7 Å². The van der Waals surface area contributed by atoms with Crippen molar-refractivity contribution in [3.63, 3.8) is 0 Å². The third-order valence-electron chi connectivity index (χ3n) is 6.11. The number of aliphatic imine (C=N–C) groups is 1. The van der Waals surface area contributed by atoms with Crippen molar-refractivity contribution < 1.29 is 19.1 Å². The Bertz CT molecular complexity index is 1140. The van der Waals surface area contributed by atoms with E-state index in [1.165, 1.54) is 0 Å². The number of carbonyl (C=O) groups is 2. The maximum absolute atomic E-state index is 12.9. The molecule has 1 saturated heterocycles. The second-order valence-electron chi connectivity index (χ2n) is 8.70. The number of hydrogen-bond acceptors (Lipinski definition) is 6. The van der Waals surface area contributed by atoms with Gasteiger partial charge in [-0.15, -0.1) is 0 Å². The summed E-state index contributed by atoms with van der Waals surface area (Å²) in [6, 6.07) is 17.2. The van der Waals surface area contributed by atoms with Crippen molar-refractivity contribution in [2.24, 2.45) is 10.9 Å². The number of fused-ring (bicyclic) bond motifs is 3. The largest absolute Gasteiger partial charge is 0.343 e. The molecule has 0 amide bonds. The van der Waals surface area contributed by atoms with Crippen LogP contribution in [0.4, 0.5) is 0 Å². The number of rotatable bonds is 2. The number of benzene rings is 2. The minimum atomic E-state index is -0.888. The Hall–Kier alpha value is -2.54. The molecule has 6 heteroatoms. The Morgan fingerprint density at radius 1 is 1.03 bits per heavy atom. The average molecular weight is 434 g/mol. The third kappa shape index (κ3) is 3.49. The zero-order chi connectivity index (χ0) is 21.8. The van der Waals surface area contributed by atoms with Crippen LogP contribution in [0.1, 0.15) is 48.7 Å². The highest BCUT2D eigenvalue weighted by Crippen LogP contribution is 2.51. The van der Waals surface area contributed by atoms with Crippen LogP contribution >= 0.6 is 11.8 Å². The molecule has 0 N–H and O–H groups in total. The van der Waals surface area contributed by atoms with Gasteiger partial charge in [0, 0.05) is 23.5 Å². The van der Waals surface area contributed by atoms with Crippen LogP contribution in [-0.2, 0) is 19.9 Å². The molecule has 1 fully saturated rings. The van der Waals surface area contributed by atoms with Gasteiger partial charge in [0.1, 0.15) is 16.3 Å². The summed E-state index contributed by atoms with van der Waals surface area (Å²) in [5.74, 6) is -1.08. The lowest BCUT2D eigenvalue weighted by molar-refractivity contribution is -0.350. The molecule has 2 aliphatic heterocycles. The first-order valence-electron chi connectivity index (χ1n) is 10.4. The Morgan fingerprint density at radius 3 is 2.52 bits per heavy atom. The van der Waals surface area contributed by atoms with E-state index >= 15 is 0 Å². The molecule has 3 unspecified atom stereocenters. The predicted octanol–water partition coefficient (Wildman–Crippen LogP) is 4.86. The highest BCUT2D eigenvalue weighted by atomic mass is 32.2. The van der Waals surface area contributed by atoms with Crippen molar-refractivity contribution in [2.75, 3.05) is 0 Å². The van der Waals surface area contributed by atoms with Gasteiger partial charge in [0.25, 0.3) is 0 Å². The highest BCUT2D eigenvalue weighted by molar-refractivity contribution is 8.27. The van der Waals surface area contributed by atoms with Crippen LogP contribution in [0.25, 0.3) is 0 Å². The van der Waals surface area contributed by atoms with Crippen LogP contribution in [0, 0.1) is 5.92 Å². The van der Waals surface area contributed by atoms with Gasteiger partial charge in [-0.3, -0.25) is 9.59 Å². The number of Topliss-reactive ketones (excluding diaryl/α,β-unsaturated/α-hetero) is 1. The molecule has 2 heterocycles. The number of hydrogen-bond donors (Lipinski definition) is 0. The Labute approximate surface area is 185 Å². The first-order valence-corrected chi connectivity index (χ1v) is 11.2. The zero-order valence-electron chi connectivity index (χ0n) is 17.6. The molecule has 0 bridgehead atoms. The molecule has 3 atom stereocenters. The van der Waals surface area contributed by atoms with Crippen molar-refractivity contribution in [3.8, 4) is 0 Å². The summed E-state index contributed by atoms with van der Waals surface area (Å²) in [6.45, 7) is 5.74. The Balaban J connectivity index is 1.56. The molecule has 0 spiro atoms. The number of carbonyl (C=O) groups excluding carboxylic acids is 2. The van der Waals surface area contributed by atoms with E-state index in [4.69, 9.17) is 9.47 Å². The van der Waals surface area contributed by atoms with Crippen LogP contribution in [0.3, 0.4) is 0 Å². The fourth-order valence-corrected chi connectivity index (χ4v) is 5.59. The summed E-state index contributed by atoms with van der Waals surface area (Å²) in [5, 5.41) is 0.562. The average Bonchev–Trinajstić information content (AvgIpc) is 3.10. The van der Waals surface area contributed by atoms with Crippen LogP contribution < -0.4 is 0 Å². The summed E-state index contributed by atoms with van der Waals surface area (Å²) >= 11 is 1.12. The fraction of sp³-hybridized carbons (Fsp3) is 0.320. The van der Waals surface area contributed by atoms with Gasteiger partial charge in [-0.05, 0) is 44.2 Å². The lowest BCUT2D eigenvalue weighted by Gasteiger charge is -2.53. The summed E-state index contributed by atoms with van der Waals surface area (Å²) < 4.78 is 12.7. The smallest absolute Gasteiger partial charge is 0.243 e. The van der Waals surface area contributed by atoms with Crippen molar-refractivity contribution in [1.82, 2.24) is 0 Å². The SMILES string of the molecule is CC1(C)OC(/C=C2\N=C(c3ccccc3)SC2=O)C2CC(=O)c3ccccc3C2(C)O1. The Kier molecular flexibility index (Phi) is 4.77. The van der Waals surface area contributed by atoms with Gasteiger partial charge in [-0.2, -0.15) is 0 Å². The molecule has 0 saturated carbocycles. The molecule has 5 nitrogen and oxygen atoms in total. The van der Waals surface area contributed by atoms with E-state index in [0.717, 1.165) is 22.9 Å². The first kappa shape index (κ1) is 20.4. The van der Waals surface area contributed by atoms with E-state index in [-0.39, 0.29) is 23.2 Å². The van der Waals surface area contributed by atoms with Crippen molar-refractivity contribution >= 4 is 27.7 Å². The molecule has 31 heavy (non-hydrogen) atoms. The molecule has 1 aliphatic carbocycles. The quantitative estimate of drug-likeness (QED) is 0.633. The van der Waals surface area contributed by atoms with E-state index < -0.39 is 17.5 Å². The highest BCUT2D eigenvalue weighted by Gasteiger charge is 2.55. The van der Waals surface area contributed by atoms with Gasteiger partial charge in [0.05, 0.1) is 6.10 Å². The van der Waals surface area contributed by atoms with Gasteiger partial charge >= 0.3 is 0 Å². The molecule has 2 aromatic carbocycles. The first-order chi connectivity index (χ1) is 14.8. The van der Waals surface area contributed by atoms with Gasteiger partial charge < -0.3 is 9.47 Å². The van der Waals surface area contributed by atoms with Gasteiger partial charge in [-0.25, -0.2) is 4.99 Å². The molecular weight excluding hydrogens is 410 g/mol. The van der Waals surface area contributed by atoms with Crippen LogP contribution in [-0.4, -0.2) is 27.8 Å². The predicted molar refractivity (Wildman–Crippen MR) is 120 cm³/mol. The standard InChI is InChI=1S/C25H23NO4S/c1-24(2)29-21(14-19-23(28)31-22(26-19)15-9-5-4-6-10-15)18-13-20(27)16-11-7-8-12-17(16)25(18,3)30-24/h4-12,14,18,21H,13H2,1-3H3/b19-14-. The van der Waals surface area contributed by atoms with E-state index in [0.29, 0.717) is 16.3 Å². The maximum Gasteiger partial charge on any atom is 0.243 e. The number of thioether (sulfide) groups is 1. The molecule has 158 valence electrons. The van der Waals surface area contributed by atoms with Crippen LogP contribution in [0.15, 0.2) is 71.4 Å². The lowest BCUT2D eigenvalue weighted by atomic mass is 9.68. The minimum Gasteiger partial charge on any atom is -0.343 e. The number of ketones is 1. The van der Waals surface area contributed by atoms with Crippen molar-refractivity contribution in [1.29, 1.82) is 0 Å². The third-order valence-corrected chi connectivity index (χ3v) is 7.03. The maximum atomic E-state index is 12.9. The zero-order valence-corrected chi connectivity index (χ0v) is 18.4.